The number of carbonyl (C=O) groups is 2. The Morgan fingerprint density at radius 2 is 1.42 bits per heavy atom. The van der Waals surface area contributed by atoms with Gasteiger partial charge in [-0.05, 0) is 37.8 Å². The molecule has 7 nitrogen and oxygen atoms in total. The molecule has 8 heteroatoms. The predicted octanol–water partition coefficient (Wildman–Crippen LogP) is 0.159. The fraction of sp³-hybridized carbons (Fsp3) is 0.500. The van der Waals surface area contributed by atoms with Gasteiger partial charge in [0.05, 0.1) is 57.6 Å². The van der Waals surface area contributed by atoms with Crippen molar-refractivity contribution >= 4 is 11.6 Å². The number of hydrogen-bond acceptors (Lipinski definition) is 6. The smallest absolute Gasteiger partial charge is 0.205 e. The average molecular weight is 557 g/mol. The minimum atomic E-state index is -0.206. The first-order valence-corrected chi connectivity index (χ1v) is 13.0. The zero-order valence-electron chi connectivity index (χ0n) is 20.9. The molecule has 3 aliphatic heterocycles. The minimum absolute atomic E-state index is 0. The Kier molecular flexibility index (Phi) is 7.23. The van der Waals surface area contributed by atoms with Crippen molar-refractivity contribution in [2.75, 3.05) is 59.5 Å². The van der Waals surface area contributed by atoms with E-state index in [0.717, 1.165) is 12.8 Å². The molecular weight excluding hydrogens is 522 g/mol. The second-order valence-corrected chi connectivity index (χ2v) is 10.3. The van der Waals surface area contributed by atoms with Crippen LogP contribution < -0.4 is 26.5 Å². The van der Waals surface area contributed by atoms with E-state index < -0.39 is 0 Å². The standard InChI is InChI=1S/C28H34N3O4.BrH/c1-34-22-10-6-8-20-24(22)27(33)25-21(26(20)32)9-7-11-23(25)35-19-5-3-2-4-16-31-17-14-29-12-13-30(15-18-31)28(29)31;/h6-11,28H,2-5,12-19H2,1H3;1H/q+1;/p-1. The molecule has 0 bridgehead atoms. The zero-order chi connectivity index (χ0) is 24.0. The third kappa shape index (κ3) is 4.08. The Morgan fingerprint density at radius 1 is 0.806 bits per heavy atom. The van der Waals surface area contributed by atoms with E-state index in [0.29, 0.717) is 46.6 Å². The maximum absolute atomic E-state index is 13.4. The number of carbonyl (C=O) groups excluding carboxylic acids is 2. The number of nitrogens with zero attached hydrogens (tertiary/aromatic N) is 3. The van der Waals surface area contributed by atoms with Crippen LogP contribution in [0.15, 0.2) is 36.4 Å². The van der Waals surface area contributed by atoms with Gasteiger partial charge >= 0.3 is 0 Å². The number of hydrogen-bond donors (Lipinski definition) is 0. The summed E-state index contributed by atoms with van der Waals surface area (Å²) in [6, 6.07) is 10.4. The van der Waals surface area contributed by atoms with Crippen LogP contribution in [0.25, 0.3) is 0 Å². The highest BCUT2D eigenvalue weighted by Crippen LogP contribution is 2.38. The van der Waals surface area contributed by atoms with Gasteiger partial charge in [-0.1, -0.05) is 24.3 Å². The number of methoxy groups -OCH3 is 1. The van der Waals surface area contributed by atoms with E-state index in [1.165, 1.54) is 70.2 Å². The summed E-state index contributed by atoms with van der Waals surface area (Å²) in [6.07, 6.45) is 5.16. The van der Waals surface area contributed by atoms with Crippen molar-refractivity contribution in [3.63, 3.8) is 0 Å². The van der Waals surface area contributed by atoms with Crippen molar-refractivity contribution in [2.45, 2.75) is 32.0 Å². The molecule has 0 unspecified atom stereocenters. The highest BCUT2D eigenvalue weighted by Gasteiger charge is 2.56. The van der Waals surface area contributed by atoms with Crippen LogP contribution in [-0.4, -0.2) is 91.7 Å². The molecule has 0 amide bonds. The van der Waals surface area contributed by atoms with Crippen LogP contribution in [0.4, 0.5) is 0 Å². The number of rotatable bonds is 9. The van der Waals surface area contributed by atoms with Gasteiger partial charge in [0.25, 0.3) is 0 Å². The normalized spacial score (nSPS) is 24.3. The third-order valence-corrected chi connectivity index (χ3v) is 8.45. The maximum atomic E-state index is 13.4. The predicted molar refractivity (Wildman–Crippen MR) is 132 cm³/mol. The SMILES string of the molecule is COc1cccc2c1C(=O)c1c(OCCCCCC[N+]34CCN5CCN(CC3)C54)cccc1C2=O.[Br-]. The summed E-state index contributed by atoms with van der Waals surface area (Å²) in [5, 5.41) is 0. The molecule has 0 N–H and O–H groups in total. The van der Waals surface area contributed by atoms with Gasteiger partial charge in [-0.2, -0.15) is 0 Å². The highest BCUT2D eigenvalue weighted by molar-refractivity contribution is 6.30. The lowest BCUT2D eigenvalue weighted by Crippen LogP contribution is -3.00. The monoisotopic (exact) mass is 555 g/mol. The molecule has 1 aliphatic carbocycles. The fourth-order valence-electron chi connectivity index (χ4n) is 6.74. The molecule has 0 spiro atoms. The summed E-state index contributed by atoms with van der Waals surface area (Å²) in [6.45, 7) is 9.45. The Balaban J connectivity index is 0.00000267. The van der Waals surface area contributed by atoms with E-state index in [1.807, 2.05) is 0 Å². The van der Waals surface area contributed by atoms with Gasteiger partial charge in [-0.15, -0.1) is 0 Å². The molecule has 2 aromatic rings. The van der Waals surface area contributed by atoms with Crippen LogP contribution in [0.2, 0.25) is 0 Å². The molecular formula is C28H34BrN3O4. The van der Waals surface area contributed by atoms with Gasteiger partial charge in [0.2, 0.25) is 12.1 Å². The Morgan fingerprint density at radius 3 is 2.08 bits per heavy atom. The van der Waals surface area contributed by atoms with E-state index in [1.54, 1.807) is 36.4 Å². The molecule has 2 aromatic carbocycles. The summed E-state index contributed by atoms with van der Waals surface area (Å²) in [4.78, 5) is 31.8. The van der Waals surface area contributed by atoms with E-state index >= 15 is 0 Å². The maximum Gasteiger partial charge on any atom is 0.205 e. The molecule has 36 heavy (non-hydrogen) atoms. The van der Waals surface area contributed by atoms with Gasteiger partial charge < -0.3 is 26.5 Å². The van der Waals surface area contributed by atoms with Crippen LogP contribution in [0, 0.1) is 0 Å². The van der Waals surface area contributed by atoms with E-state index in [-0.39, 0.29) is 28.5 Å². The van der Waals surface area contributed by atoms with E-state index in [9.17, 15) is 9.59 Å². The summed E-state index contributed by atoms with van der Waals surface area (Å²) < 4.78 is 12.7. The fourth-order valence-corrected chi connectivity index (χ4v) is 6.74. The summed E-state index contributed by atoms with van der Waals surface area (Å²) >= 11 is 0. The average Bonchev–Trinajstić information content (AvgIpc) is 3.57. The van der Waals surface area contributed by atoms with Crippen molar-refractivity contribution in [3.05, 3.63) is 58.7 Å². The number of ketones is 2. The molecule has 0 atom stereocenters. The number of quaternary nitrogens is 1. The van der Waals surface area contributed by atoms with Crippen LogP contribution in [0.3, 0.4) is 0 Å². The van der Waals surface area contributed by atoms with Gasteiger partial charge in [-0.3, -0.25) is 14.1 Å². The van der Waals surface area contributed by atoms with Gasteiger partial charge in [0.15, 0.2) is 5.78 Å². The number of benzene rings is 2. The number of fused-ring (bicyclic) bond motifs is 2. The largest absolute Gasteiger partial charge is 1.00 e. The first-order chi connectivity index (χ1) is 17.1. The zero-order valence-corrected chi connectivity index (χ0v) is 22.5. The molecule has 0 aromatic heterocycles. The molecule has 6 rings (SSSR count). The first-order valence-electron chi connectivity index (χ1n) is 13.0. The Hall–Kier alpha value is -2.26. The lowest BCUT2D eigenvalue weighted by molar-refractivity contribution is -0.936. The summed E-state index contributed by atoms with van der Waals surface area (Å²) in [5.74, 6) is 0.552. The van der Waals surface area contributed by atoms with E-state index in [2.05, 4.69) is 9.80 Å². The van der Waals surface area contributed by atoms with Gasteiger partial charge in [0, 0.05) is 24.2 Å². The van der Waals surface area contributed by atoms with Crippen LogP contribution in [0.5, 0.6) is 11.5 Å². The number of halogens is 1. The second kappa shape index (κ2) is 10.2. The van der Waals surface area contributed by atoms with Crippen LogP contribution in [-0.2, 0) is 0 Å². The van der Waals surface area contributed by atoms with Crippen molar-refractivity contribution in [1.82, 2.24) is 9.80 Å². The highest BCUT2D eigenvalue weighted by atomic mass is 79.9. The molecule has 4 aliphatic rings. The molecule has 3 fully saturated rings. The first kappa shape index (κ1) is 25.4. The van der Waals surface area contributed by atoms with Crippen molar-refractivity contribution in [3.8, 4) is 11.5 Å². The lowest BCUT2D eigenvalue weighted by atomic mass is 9.83. The van der Waals surface area contributed by atoms with E-state index in [4.69, 9.17) is 9.47 Å². The summed E-state index contributed by atoms with van der Waals surface area (Å²) in [7, 11) is 1.52. The third-order valence-electron chi connectivity index (χ3n) is 8.45. The molecule has 3 heterocycles. The van der Waals surface area contributed by atoms with Gasteiger partial charge in [-0.25, -0.2) is 9.80 Å². The summed E-state index contributed by atoms with van der Waals surface area (Å²) in [5.41, 5.74) is 1.50. The van der Waals surface area contributed by atoms with Crippen molar-refractivity contribution < 1.29 is 40.5 Å². The van der Waals surface area contributed by atoms with Crippen molar-refractivity contribution in [1.29, 1.82) is 0 Å². The lowest BCUT2D eigenvalue weighted by Gasteiger charge is -2.34. The molecule has 0 saturated carbocycles. The van der Waals surface area contributed by atoms with Gasteiger partial charge in [0.1, 0.15) is 11.5 Å². The van der Waals surface area contributed by atoms with Crippen LogP contribution in [0.1, 0.15) is 57.5 Å². The molecule has 192 valence electrons. The molecule has 3 saturated heterocycles. The quantitative estimate of drug-likeness (QED) is 0.277. The van der Waals surface area contributed by atoms with Crippen molar-refractivity contribution in [2.24, 2.45) is 0 Å². The number of ether oxygens (including phenoxy) is 2. The number of unbranched alkanes of at least 4 members (excludes halogenated alkanes) is 3. The molecule has 0 radical (unpaired) electrons. The topological polar surface area (TPSA) is 59.1 Å². The Labute approximate surface area is 223 Å². The van der Waals surface area contributed by atoms with Crippen LogP contribution >= 0.6 is 0 Å². The second-order valence-electron chi connectivity index (χ2n) is 10.3. The minimum Gasteiger partial charge on any atom is -1.00 e. The Bertz CT molecular complexity index is 1150.